The Morgan fingerprint density at radius 2 is 2.14 bits per heavy atom. The highest BCUT2D eigenvalue weighted by Gasteiger charge is 2.29. The highest BCUT2D eigenvalue weighted by molar-refractivity contribution is 7.90. The number of nitrogens with zero attached hydrogens (tertiary/aromatic N) is 1. The van der Waals surface area contributed by atoms with E-state index >= 15 is 0 Å². The number of aromatic nitrogens is 1. The summed E-state index contributed by atoms with van der Waals surface area (Å²) >= 11 is 0. The number of methoxy groups -OCH3 is 1. The molecule has 0 saturated carbocycles. The summed E-state index contributed by atoms with van der Waals surface area (Å²) in [6.07, 6.45) is 0.250. The molecule has 0 bridgehead atoms. The van der Waals surface area contributed by atoms with Crippen molar-refractivity contribution in [2.75, 3.05) is 12.9 Å². The summed E-state index contributed by atoms with van der Waals surface area (Å²) in [6.45, 7) is 0. The van der Waals surface area contributed by atoms with Crippen LogP contribution in [0.5, 0.6) is 5.75 Å². The number of aromatic carboxylic acids is 1. The minimum atomic E-state index is -3.27. The zero-order valence-corrected chi connectivity index (χ0v) is 12.1. The molecule has 0 spiro atoms. The minimum absolute atomic E-state index is 0.00766. The molecule has 110 valence electrons. The van der Waals surface area contributed by atoms with Crippen LogP contribution >= 0.6 is 0 Å². The molecule has 21 heavy (non-hydrogen) atoms. The highest BCUT2D eigenvalue weighted by Crippen LogP contribution is 2.31. The molecule has 0 atom stereocenters. The first-order valence-corrected chi connectivity index (χ1v) is 8.16. The predicted molar refractivity (Wildman–Crippen MR) is 76.4 cm³/mol. The Balaban J connectivity index is 2.38. The minimum Gasteiger partial charge on any atom is -0.497 e. The smallest absolute Gasteiger partial charge is 0.336 e. The van der Waals surface area contributed by atoms with Gasteiger partial charge in [-0.2, -0.15) is 0 Å². The van der Waals surface area contributed by atoms with Gasteiger partial charge in [-0.05, 0) is 18.2 Å². The maximum atomic E-state index is 11.8. The summed E-state index contributed by atoms with van der Waals surface area (Å²) in [5.41, 5.74) is 1.40. The van der Waals surface area contributed by atoms with Crippen LogP contribution in [0.25, 0.3) is 10.9 Å². The molecular formula is C14H13NO5S. The summed E-state index contributed by atoms with van der Waals surface area (Å²) in [4.78, 5) is 16.1. The topological polar surface area (TPSA) is 93.6 Å². The zero-order valence-electron chi connectivity index (χ0n) is 11.3. The monoisotopic (exact) mass is 307 g/mol. The van der Waals surface area contributed by atoms with Gasteiger partial charge in [0.25, 0.3) is 0 Å². The van der Waals surface area contributed by atoms with Gasteiger partial charge in [-0.3, -0.25) is 4.98 Å². The van der Waals surface area contributed by atoms with E-state index in [1.165, 1.54) is 7.11 Å². The van der Waals surface area contributed by atoms with Gasteiger partial charge in [0, 0.05) is 23.1 Å². The second-order valence-electron chi connectivity index (χ2n) is 4.94. The number of benzene rings is 1. The number of carbonyl (C=O) groups is 1. The second-order valence-corrected chi connectivity index (χ2v) is 7.13. The summed E-state index contributed by atoms with van der Waals surface area (Å²) in [7, 11) is -1.79. The first-order chi connectivity index (χ1) is 9.91. The number of hydrogen-bond donors (Lipinski definition) is 1. The fourth-order valence-corrected chi connectivity index (χ4v) is 4.01. The molecule has 2 aromatic rings. The maximum absolute atomic E-state index is 11.8. The average Bonchev–Trinajstić information content (AvgIpc) is 2.43. The second kappa shape index (κ2) is 4.70. The molecule has 1 aromatic carbocycles. The first kappa shape index (κ1) is 13.8. The molecule has 1 aromatic heterocycles. The molecule has 7 heteroatoms. The van der Waals surface area contributed by atoms with Crippen molar-refractivity contribution in [1.29, 1.82) is 0 Å². The van der Waals surface area contributed by atoms with E-state index in [1.807, 2.05) is 0 Å². The maximum Gasteiger partial charge on any atom is 0.336 e. The van der Waals surface area contributed by atoms with Crippen LogP contribution in [0.1, 0.15) is 21.6 Å². The molecule has 2 heterocycles. The van der Waals surface area contributed by atoms with E-state index in [0.29, 0.717) is 27.9 Å². The number of rotatable bonds is 2. The molecule has 1 aliphatic heterocycles. The molecule has 0 amide bonds. The van der Waals surface area contributed by atoms with Crippen molar-refractivity contribution in [1.82, 2.24) is 4.98 Å². The van der Waals surface area contributed by atoms with Gasteiger partial charge in [-0.1, -0.05) is 0 Å². The normalized spacial score (nSPS) is 16.4. The van der Waals surface area contributed by atoms with Crippen molar-refractivity contribution >= 4 is 26.7 Å². The lowest BCUT2D eigenvalue weighted by molar-refractivity contribution is 0.0698. The van der Waals surface area contributed by atoms with Gasteiger partial charge in [-0.25, -0.2) is 13.2 Å². The van der Waals surface area contributed by atoms with E-state index in [4.69, 9.17) is 4.74 Å². The van der Waals surface area contributed by atoms with Crippen LogP contribution in [0.2, 0.25) is 0 Å². The van der Waals surface area contributed by atoms with Crippen molar-refractivity contribution in [2.45, 2.75) is 12.2 Å². The van der Waals surface area contributed by atoms with E-state index < -0.39 is 15.8 Å². The first-order valence-electron chi connectivity index (χ1n) is 6.34. The summed E-state index contributed by atoms with van der Waals surface area (Å²) in [5.74, 6) is -0.910. The molecular weight excluding hydrogens is 294 g/mol. The Hall–Kier alpha value is -2.15. The number of fused-ring (bicyclic) bond motifs is 2. The molecule has 1 aliphatic rings. The van der Waals surface area contributed by atoms with Crippen molar-refractivity contribution in [3.8, 4) is 5.75 Å². The Morgan fingerprint density at radius 3 is 2.81 bits per heavy atom. The lowest BCUT2D eigenvalue weighted by Crippen LogP contribution is -2.23. The van der Waals surface area contributed by atoms with Crippen molar-refractivity contribution < 1.29 is 23.1 Å². The van der Waals surface area contributed by atoms with Gasteiger partial charge in [0.1, 0.15) is 5.75 Å². The fourth-order valence-electron chi connectivity index (χ4n) is 2.61. The van der Waals surface area contributed by atoms with Gasteiger partial charge in [0.05, 0.1) is 29.7 Å². The molecule has 0 aliphatic carbocycles. The zero-order chi connectivity index (χ0) is 15.2. The molecule has 1 N–H and O–H groups in total. The highest BCUT2D eigenvalue weighted by atomic mass is 32.2. The molecule has 3 rings (SSSR count). The van der Waals surface area contributed by atoms with Crippen LogP contribution in [-0.2, 0) is 22.0 Å². The molecule has 6 nitrogen and oxygen atoms in total. The van der Waals surface area contributed by atoms with Crippen molar-refractivity contribution in [3.05, 3.63) is 35.0 Å². The van der Waals surface area contributed by atoms with E-state index in [0.717, 1.165) is 0 Å². The van der Waals surface area contributed by atoms with Gasteiger partial charge in [0.2, 0.25) is 0 Å². The van der Waals surface area contributed by atoms with Gasteiger partial charge < -0.3 is 9.84 Å². The van der Waals surface area contributed by atoms with Gasteiger partial charge in [0.15, 0.2) is 9.84 Å². The Labute approximate surface area is 121 Å². The summed E-state index contributed by atoms with van der Waals surface area (Å²) < 4.78 is 28.7. The third-order valence-electron chi connectivity index (χ3n) is 3.61. The third kappa shape index (κ3) is 2.33. The number of ether oxygens (including phenoxy) is 1. The lowest BCUT2D eigenvalue weighted by Gasteiger charge is -2.19. The van der Waals surface area contributed by atoms with Gasteiger partial charge >= 0.3 is 5.97 Å². The number of carboxylic acid groups (broad SMARTS) is 1. The Kier molecular flexibility index (Phi) is 3.09. The summed E-state index contributed by atoms with van der Waals surface area (Å²) in [6, 6.07) is 4.96. The number of hydrogen-bond acceptors (Lipinski definition) is 5. The van der Waals surface area contributed by atoms with Crippen LogP contribution in [0.4, 0.5) is 0 Å². The van der Waals surface area contributed by atoms with Crippen molar-refractivity contribution in [3.63, 3.8) is 0 Å². The summed E-state index contributed by atoms with van der Waals surface area (Å²) in [5, 5.41) is 9.91. The molecule has 0 unspecified atom stereocenters. The van der Waals surface area contributed by atoms with E-state index in [-0.39, 0.29) is 23.5 Å². The van der Waals surface area contributed by atoms with Crippen LogP contribution in [-0.4, -0.2) is 37.3 Å². The van der Waals surface area contributed by atoms with E-state index in [9.17, 15) is 18.3 Å². The molecule has 0 fully saturated rings. The lowest BCUT2D eigenvalue weighted by atomic mass is 10.00. The number of pyridine rings is 1. The number of sulfone groups is 1. The predicted octanol–water partition coefficient (Wildman–Crippen LogP) is 1.41. The van der Waals surface area contributed by atoms with Crippen molar-refractivity contribution in [2.24, 2.45) is 0 Å². The fraction of sp³-hybridized carbons (Fsp3) is 0.286. The third-order valence-corrected chi connectivity index (χ3v) is 5.16. The molecule has 0 radical (unpaired) electrons. The van der Waals surface area contributed by atoms with Crippen LogP contribution in [0, 0.1) is 0 Å². The standard InChI is InChI=1S/C14H13NO5S/c1-20-8-2-3-11-9(6-8)13(14(16)17)10-7-21(18,19)5-4-12(10)15-11/h2-3,6H,4-5,7H2,1H3,(H,16,17). The molecule has 0 saturated heterocycles. The Morgan fingerprint density at radius 1 is 1.38 bits per heavy atom. The van der Waals surface area contributed by atoms with Crippen LogP contribution < -0.4 is 4.74 Å². The van der Waals surface area contributed by atoms with Crippen LogP contribution in [0.3, 0.4) is 0 Å². The van der Waals surface area contributed by atoms with E-state index in [1.54, 1.807) is 18.2 Å². The largest absolute Gasteiger partial charge is 0.497 e. The SMILES string of the molecule is COc1ccc2nc3c(c(C(=O)O)c2c1)CS(=O)(=O)CC3. The Bertz CT molecular complexity index is 857. The van der Waals surface area contributed by atoms with E-state index in [2.05, 4.69) is 4.98 Å². The van der Waals surface area contributed by atoms with Crippen LogP contribution in [0.15, 0.2) is 18.2 Å². The average molecular weight is 307 g/mol. The quantitative estimate of drug-likeness (QED) is 0.901. The van der Waals surface area contributed by atoms with Gasteiger partial charge in [-0.15, -0.1) is 0 Å². The number of aryl methyl sites for hydroxylation is 1. The number of carboxylic acids is 1.